The number of benzene rings is 1. The van der Waals surface area contributed by atoms with Crippen LogP contribution in [0.3, 0.4) is 0 Å². The van der Waals surface area contributed by atoms with Gasteiger partial charge in [-0.05, 0) is 56.1 Å². The number of nitrogens with zero attached hydrogens (tertiary/aromatic N) is 4. The predicted octanol–water partition coefficient (Wildman–Crippen LogP) is 3.77. The van der Waals surface area contributed by atoms with E-state index in [2.05, 4.69) is 45.1 Å². The van der Waals surface area contributed by atoms with Crippen LogP contribution in [0.1, 0.15) is 33.7 Å². The van der Waals surface area contributed by atoms with Crippen LogP contribution in [0.15, 0.2) is 66.9 Å². The zero-order valence-electron chi connectivity index (χ0n) is 17.5. The molecule has 1 fully saturated rings. The average molecular weight is 401 g/mol. The van der Waals surface area contributed by atoms with E-state index in [1.165, 1.54) is 5.56 Å². The second kappa shape index (κ2) is 9.63. The van der Waals surface area contributed by atoms with Crippen LogP contribution >= 0.6 is 0 Å². The molecule has 2 aromatic heterocycles. The van der Waals surface area contributed by atoms with Crippen molar-refractivity contribution in [3.63, 3.8) is 0 Å². The van der Waals surface area contributed by atoms with E-state index in [1.54, 1.807) is 18.3 Å². The fourth-order valence-corrected chi connectivity index (χ4v) is 3.94. The summed E-state index contributed by atoms with van der Waals surface area (Å²) in [7, 11) is 0. The van der Waals surface area contributed by atoms with Gasteiger partial charge in [-0.15, -0.1) is 0 Å². The molecule has 154 valence electrons. The summed E-state index contributed by atoms with van der Waals surface area (Å²) in [6, 6.07) is 20.0. The van der Waals surface area contributed by atoms with E-state index in [0.717, 1.165) is 57.1 Å². The van der Waals surface area contributed by atoms with Crippen molar-refractivity contribution in [2.24, 2.45) is 0 Å². The highest BCUT2D eigenvalue weighted by Crippen LogP contribution is 2.17. The fourth-order valence-electron chi connectivity index (χ4n) is 3.94. The molecule has 0 radical (unpaired) electrons. The van der Waals surface area contributed by atoms with Crippen molar-refractivity contribution in [2.45, 2.75) is 19.8 Å². The van der Waals surface area contributed by atoms with Crippen LogP contribution in [0.2, 0.25) is 0 Å². The minimum atomic E-state index is -0.0678. The summed E-state index contributed by atoms with van der Waals surface area (Å²) in [6.07, 6.45) is 3.88. The van der Waals surface area contributed by atoms with Crippen molar-refractivity contribution in [3.8, 4) is 0 Å². The molecule has 5 nitrogen and oxygen atoms in total. The molecule has 0 atom stereocenters. The summed E-state index contributed by atoms with van der Waals surface area (Å²) in [5.41, 5.74) is 3.22. The van der Waals surface area contributed by atoms with E-state index in [0.29, 0.717) is 11.3 Å². The maximum Gasteiger partial charge on any atom is 0.213 e. The second-order valence-corrected chi connectivity index (χ2v) is 7.76. The Balaban J connectivity index is 1.40. The monoisotopic (exact) mass is 400 g/mol. The van der Waals surface area contributed by atoms with E-state index in [-0.39, 0.29) is 5.78 Å². The van der Waals surface area contributed by atoms with Crippen LogP contribution in [0, 0.1) is 6.92 Å². The van der Waals surface area contributed by atoms with Crippen molar-refractivity contribution < 1.29 is 4.79 Å². The van der Waals surface area contributed by atoms with Gasteiger partial charge in [-0.3, -0.25) is 9.78 Å². The molecule has 0 aliphatic carbocycles. The molecular weight excluding hydrogens is 372 g/mol. The lowest BCUT2D eigenvalue weighted by atomic mass is 10.1. The molecule has 4 rings (SSSR count). The van der Waals surface area contributed by atoms with Crippen LogP contribution in [-0.2, 0) is 6.42 Å². The Labute approximate surface area is 178 Å². The Morgan fingerprint density at radius 1 is 0.933 bits per heavy atom. The lowest BCUT2D eigenvalue weighted by Gasteiger charge is -2.23. The number of ketones is 1. The third-order valence-corrected chi connectivity index (χ3v) is 5.69. The quantitative estimate of drug-likeness (QED) is 0.590. The SMILES string of the molecule is Cc1ncccc1C(=O)c1cccc(N2CCCN(CCc3ccccc3)CC2)n1. The summed E-state index contributed by atoms with van der Waals surface area (Å²) in [4.78, 5) is 26.7. The third kappa shape index (κ3) is 4.92. The summed E-state index contributed by atoms with van der Waals surface area (Å²) in [6.45, 7) is 6.91. The van der Waals surface area contributed by atoms with Crippen LogP contribution in [0.5, 0.6) is 0 Å². The molecule has 30 heavy (non-hydrogen) atoms. The number of hydrogen-bond acceptors (Lipinski definition) is 5. The van der Waals surface area contributed by atoms with Gasteiger partial charge in [0, 0.05) is 43.6 Å². The van der Waals surface area contributed by atoms with Gasteiger partial charge in [0.1, 0.15) is 11.5 Å². The van der Waals surface area contributed by atoms with Crippen LogP contribution in [0.4, 0.5) is 5.82 Å². The van der Waals surface area contributed by atoms with Crippen molar-refractivity contribution in [2.75, 3.05) is 37.6 Å². The number of anilines is 1. The number of aryl methyl sites for hydroxylation is 1. The number of aromatic nitrogens is 2. The first kappa shape index (κ1) is 20.2. The van der Waals surface area contributed by atoms with E-state index in [9.17, 15) is 4.79 Å². The van der Waals surface area contributed by atoms with E-state index < -0.39 is 0 Å². The molecule has 3 heterocycles. The predicted molar refractivity (Wildman–Crippen MR) is 120 cm³/mol. The van der Waals surface area contributed by atoms with Crippen molar-refractivity contribution >= 4 is 11.6 Å². The zero-order valence-corrected chi connectivity index (χ0v) is 17.5. The smallest absolute Gasteiger partial charge is 0.213 e. The zero-order chi connectivity index (χ0) is 20.8. The molecular formula is C25H28N4O. The van der Waals surface area contributed by atoms with Gasteiger partial charge in [0.05, 0.1) is 0 Å². The number of carbonyl (C=O) groups is 1. The molecule has 0 saturated carbocycles. The van der Waals surface area contributed by atoms with Gasteiger partial charge >= 0.3 is 0 Å². The molecule has 0 unspecified atom stereocenters. The first-order valence-electron chi connectivity index (χ1n) is 10.7. The molecule has 1 aliphatic heterocycles. The summed E-state index contributed by atoms with van der Waals surface area (Å²) >= 11 is 0. The summed E-state index contributed by atoms with van der Waals surface area (Å²) < 4.78 is 0. The highest BCUT2D eigenvalue weighted by atomic mass is 16.1. The van der Waals surface area contributed by atoms with Crippen molar-refractivity contribution in [3.05, 3.63) is 89.4 Å². The number of carbonyl (C=O) groups excluding carboxylic acids is 1. The lowest BCUT2D eigenvalue weighted by Crippen LogP contribution is -2.32. The van der Waals surface area contributed by atoms with E-state index >= 15 is 0 Å². The van der Waals surface area contributed by atoms with Gasteiger partial charge in [0.25, 0.3) is 0 Å². The number of pyridine rings is 2. The van der Waals surface area contributed by atoms with Gasteiger partial charge in [-0.25, -0.2) is 4.98 Å². The van der Waals surface area contributed by atoms with Gasteiger partial charge < -0.3 is 9.80 Å². The highest BCUT2D eigenvalue weighted by Gasteiger charge is 2.18. The van der Waals surface area contributed by atoms with Crippen molar-refractivity contribution in [1.29, 1.82) is 0 Å². The molecule has 1 aliphatic rings. The first-order chi connectivity index (χ1) is 14.7. The Hall–Kier alpha value is -3.05. The number of rotatable bonds is 6. The first-order valence-corrected chi connectivity index (χ1v) is 10.7. The summed E-state index contributed by atoms with van der Waals surface area (Å²) in [5, 5.41) is 0. The molecule has 0 amide bonds. The minimum Gasteiger partial charge on any atom is -0.355 e. The molecule has 3 aromatic rings. The average Bonchev–Trinajstić information content (AvgIpc) is 3.04. The summed E-state index contributed by atoms with van der Waals surface area (Å²) in [5.74, 6) is 0.814. The Morgan fingerprint density at radius 2 is 1.80 bits per heavy atom. The molecule has 5 heteroatoms. The number of hydrogen-bond donors (Lipinski definition) is 0. The Bertz CT molecular complexity index is 989. The van der Waals surface area contributed by atoms with Crippen LogP contribution in [0.25, 0.3) is 0 Å². The van der Waals surface area contributed by atoms with Crippen LogP contribution < -0.4 is 4.90 Å². The minimum absolute atomic E-state index is 0.0678. The maximum atomic E-state index is 12.9. The van der Waals surface area contributed by atoms with Crippen LogP contribution in [-0.4, -0.2) is 53.4 Å². The van der Waals surface area contributed by atoms with E-state index in [1.807, 2.05) is 25.1 Å². The Morgan fingerprint density at radius 3 is 2.63 bits per heavy atom. The van der Waals surface area contributed by atoms with Gasteiger partial charge in [-0.2, -0.15) is 0 Å². The van der Waals surface area contributed by atoms with Crippen molar-refractivity contribution in [1.82, 2.24) is 14.9 Å². The molecule has 0 N–H and O–H groups in total. The topological polar surface area (TPSA) is 49.3 Å². The molecule has 0 bridgehead atoms. The van der Waals surface area contributed by atoms with Gasteiger partial charge in [0.2, 0.25) is 5.78 Å². The Kier molecular flexibility index (Phi) is 6.50. The standard InChI is InChI=1S/C25H28N4O/c1-20-22(10-6-14-26-20)25(30)23-11-5-12-24(27-23)29-16-7-15-28(18-19-29)17-13-21-8-3-2-4-9-21/h2-6,8-12,14H,7,13,15-19H2,1H3. The normalized spacial score (nSPS) is 15.0. The largest absolute Gasteiger partial charge is 0.355 e. The molecule has 1 saturated heterocycles. The second-order valence-electron chi connectivity index (χ2n) is 7.76. The van der Waals surface area contributed by atoms with E-state index in [4.69, 9.17) is 4.98 Å². The highest BCUT2D eigenvalue weighted by molar-refractivity contribution is 6.08. The fraction of sp³-hybridized carbons (Fsp3) is 0.320. The third-order valence-electron chi connectivity index (χ3n) is 5.69. The molecule has 1 aromatic carbocycles. The van der Waals surface area contributed by atoms with Gasteiger partial charge in [0.15, 0.2) is 0 Å². The molecule has 0 spiro atoms. The lowest BCUT2D eigenvalue weighted by molar-refractivity contribution is 0.103. The maximum absolute atomic E-state index is 12.9. The van der Waals surface area contributed by atoms with Gasteiger partial charge in [-0.1, -0.05) is 36.4 Å².